The third kappa shape index (κ3) is 2.64. The number of hydrogen-bond donors (Lipinski definition) is 0. The minimum Gasteiger partial charge on any atom is -0.339 e. The molecule has 0 spiro atoms. The van der Waals surface area contributed by atoms with Crippen LogP contribution in [0, 0.1) is 6.57 Å². The largest absolute Gasteiger partial charge is 0.339 e. The molecule has 0 aliphatic carbocycles. The van der Waals surface area contributed by atoms with Crippen LogP contribution in [0.15, 0.2) is 58.3 Å². The molecule has 4 nitrogen and oxygen atoms in total. The first kappa shape index (κ1) is 15.1. The van der Waals surface area contributed by atoms with Gasteiger partial charge in [-0.2, -0.15) is 0 Å². The third-order valence-corrected chi connectivity index (χ3v) is 4.61. The summed E-state index contributed by atoms with van der Waals surface area (Å²) in [4.78, 5) is 12.4. The van der Waals surface area contributed by atoms with Crippen LogP contribution in [0.3, 0.4) is 0 Å². The molecule has 1 aliphatic rings. The molecule has 1 aromatic carbocycles. The minimum absolute atomic E-state index is 0.446. The maximum Gasteiger partial charge on any atom is 0.187 e. The SMILES string of the molecule is [C-]#[N+]c1ccc(-c2cc3n(c2)Cc2nc(Br)ccc2N=C3Cl)cc1. The van der Waals surface area contributed by atoms with Crippen molar-refractivity contribution >= 4 is 44.1 Å². The van der Waals surface area contributed by atoms with E-state index in [1.165, 1.54) is 0 Å². The Morgan fingerprint density at radius 3 is 2.67 bits per heavy atom. The molecule has 6 heteroatoms. The Bertz CT molecular complexity index is 1010. The van der Waals surface area contributed by atoms with E-state index >= 15 is 0 Å². The fourth-order valence-corrected chi connectivity index (χ4v) is 3.31. The number of rotatable bonds is 1. The lowest BCUT2D eigenvalue weighted by Gasteiger charge is -2.05. The summed E-state index contributed by atoms with van der Waals surface area (Å²) in [5, 5.41) is 0.446. The van der Waals surface area contributed by atoms with Crippen LogP contribution >= 0.6 is 27.5 Å². The van der Waals surface area contributed by atoms with Gasteiger partial charge in [0, 0.05) is 6.20 Å². The lowest BCUT2D eigenvalue weighted by Crippen LogP contribution is -2.04. The summed E-state index contributed by atoms with van der Waals surface area (Å²) in [6.07, 6.45) is 2.04. The van der Waals surface area contributed by atoms with E-state index in [9.17, 15) is 0 Å². The van der Waals surface area contributed by atoms with Crippen LogP contribution in [-0.2, 0) is 6.54 Å². The van der Waals surface area contributed by atoms with E-state index in [0.29, 0.717) is 17.4 Å². The van der Waals surface area contributed by atoms with Crippen LogP contribution in [0.4, 0.5) is 11.4 Å². The Morgan fingerprint density at radius 1 is 1.12 bits per heavy atom. The van der Waals surface area contributed by atoms with Crippen LogP contribution in [0.5, 0.6) is 0 Å². The van der Waals surface area contributed by atoms with Gasteiger partial charge in [0.2, 0.25) is 0 Å². The molecule has 0 bridgehead atoms. The van der Waals surface area contributed by atoms with Gasteiger partial charge in [-0.25, -0.2) is 14.8 Å². The molecule has 0 radical (unpaired) electrons. The Balaban J connectivity index is 1.79. The van der Waals surface area contributed by atoms with Crippen molar-refractivity contribution in [2.45, 2.75) is 6.54 Å². The molecule has 0 atom stereocenters. The van der Waals surface area contributed by atoms with Crippen molar-refractivity contribution in [3.05, 3.63) is 76.1 Å². The number of hydrogen-bond acceptors (Lipinski definition) is 2. The quantitative estimate of drug-likeness (QED) is 0.392. The maximum atomic E-state index is 7.04. The lowest BCUT2D eigenvalue weighted by molar-refractivity contribution is 0.779. The first-order chi connectivity index (χ1) is 11.6. The predicted octanol–water partition coefficient (Wildman–Crippen LogP) is 5.54. The molecule has 24 heavy (non-hydrogen) atoms. The lowest BCUT2D eigenvalue weighted by atomic mass is 10.1. The van der Waals surface area contributed by atoms with Crippen molar-refractivity contribution in [1.82, 2.24) is 9.55 Å². The molecule has 3 heterocycles. The highest BCUT2D eigenvalue weighted by Crippen LogP contribution is 2.31. The van der Waals surface area contributed by atoms with Gasteiger partial charge in [-0.05, 0) is 45.3 Å². The highest BCUT2D eigenvalue weighted by Gasteiger charge is 2.18. The van der Waals surface area contributed by atoms with E-state index in [2.05, 4.69) is 35.3 Å². The number of benzene rings is 1. The van der Waals surface area contributed by atoms with Crippen molar-refractivity contribution in [2.24, 2.45) is 4.99 Å². The fourth-order valence-electron chi connectivity index (χ4n) is 2.71. The van der Waals surface area contributed by atoms with Gasteiger partial charge in [0.25, 0.3) is 0 Å². The van der Waals surface area contributed by atoms with Gasteiger partial charge in [0.15, 0.2) is 10.9 Å². The summed E-state index contributed by atoms with van der Waals surface area (Å²) >= 11 is 9.82. The van der Waals surface area contributed by atoms with Crippen LogP contribution in [-0.4, -0.2) is 14.7 Å². The van der Waals surface area contributed by atoms with Gasteiger partial charge < -0.3 is 4.57 Å². The van der Waals surface area contributed by atoms with Gasteiger partial charge >= 0.3 is 0 Å². The van der Waals surface area contributed by atoms with Gasteiger partial charge in [0.05, 0.1) is 30.2 Å². The Morgan fingerprint density at radius 2 is 1.92 bits per heavy atom. The standard InChI is InChI=1S/C18H10BrClN4/c1-21-13-4-2-11(3-5-13)12-8-16-18(20)23-14-6-7-17(19)22-15(14)10-24(16)9-12/h2-9H,10H2. The number of nitrogens with zero attached hydrogens (tertiary/aromatic N) is 4. The summed E-state index contributed by atoms with van der Waals surface area (Å²) in [6.45, 7) is 7.64. The number of fused-ring (bicyclic) bond motifs is 2. The smallest absolute Gasteiger partial charge is 0.187 e. The summed E-state index contributed by atoms with van der Waals surface area (Å²) in [6, 6.07) is 13.3. The van der Waals surface area contributed by atoms with Crippen molar-refractivity contribution in [3.63, 3.8) is 0 Å². The Labute approximate surface area is 152 Å². The third-order valence-electron chi connectivity index (χ3n) is 3.89. The second-order valence-corrected chi connectivity index (χ2v) is 6.57. The molecule has 3 aromatic rings. The molecule has 4 rings (SSSR count). The highest BCUT2D eigenvalue weighted by molar-refractivity contribution is 9.10. The normalized spacial score (nSPS) is 12.6. The van der Waals surface area contributed by atoms with Crippen molar-refractivity contribution < 1.29 is 0 Å². The molecule has 0 N–H and O–H groups in total. The van der Waals surface area contributed by atoms with Crippen molar-refractivity contribution in [1.29, 1.82) is 0 Å². The number of pyridine rings is 1. The van der Waals surface area contributed by atoms with Crippen LogP contribution in [0.25, 0.3) is 16.0 Å². The van der Waals surface area contributed by atoms with Gasteiger partial charge in [-0.15, -0.1) is 0 Å². The van der Waals surface area contributed by atoms with E-state index in [4.69, 9.17) is 18.2 Å². The van der Waals surface area contributed by atoms with Gasteiger partial charge in [0.1, 0.15) is 4.60 Å². The van der Waals surface area contributed by atoms with Crippen molar-refractivity contribution in [3.8, 4) is 11.1 Å². The van der Waals surface area contributed by atoms with Crippen LogP contribution in [0.1, 0.15) is 11.4 Å². The molecule has 0 fully saturated rings. The number of aliphatic imine (C=N–C) groups is 1. The molecule has 0 saturated carbocycles. The van der Waals surface area contributed by atoms with E-state index in [1.807, 2.05) is 48.7 Å². The fraction of sp³-hybridized carbons (Fsp3) is 0.0556. The zero-order valence-corrected chi connectivity index (χ0v) is 14.7. The highest BCUT2D eigenvalue weighted by atomic mass is 79.9. The first-order valence-corrected chi connectivity index (χ1v) is 8.39. The zero-order chi connectivity index (χ0) is 16.7. The average molecular weight is 398 g/mol. The van der Waals surface area contributed by atoms with Crippen LogP contribution < -0.4 is 0 Å². The first-order valence-electron chi connectivity index (χ1n) is 7.22. The van der Waals surface area contributed by atoms with E-state index in [0.717, 1.165) is 32.8 Å². The average Bonchev–Trinajstić information content (AvgIpc) is 2.96. The molecule has 0 amide bonds. The summed E-state index contributed by atoms with van der Waals surface area (Å²) in [7, 11) is 0. The number of halogens is 2. The Hall–Kier alpha value is -2.42. The molecular weight excluding hydrogens is 388 g/mol. The second-order valence-electron chi connectivity index (χ2n) is 5.40. The molecule has 1 aliphatic heterocycles. The van der Waals surface area contributed by atoms with E-state index in [-0.39, 0.29) is 0 Å². The molecule has 2 aromatic heterocycles. The molecular formula is C18H10BrClN4. The molecule has 116 valence electrons. The Kier molecular flexibility index (Phi) is 3.72. The second kappa shape index (κ2) is 5.90. The van der Waals surface area contributed by atoms with E-state index in [1.54, 1.807) is 0 Å². The summed E-state index contributed by atoms with van der Waals surface area (Å²) in [5.74, 6) is 0. The van der Waals surface area contributed by atoms with E-state index < -0.39 is 0 Å². The van der Waals surface area contributed by atoms with Crippen LogP contribution in [0.2, 0.25) is 0 Å². The number of aromatic nitrogens is 2. The monoisotopic (exact) mass is 396 g/mol. The van der Waals surface area contributed by atoms with Gasteiger partial charge in [-0.3, -0.25) is 0 Å². The zero-order valence-electron chi connectivity index (χ0n) is 12.4. The van der Waals surface area contributed by atoms with Crippen molar-refractivity contribution in [2.75, 3.05) is 0 Å². The molecule has 0 unspecified atom stereocenters. The summed E-state index contributed by atoms with van der Waals surface area (Å²) < 4.78 is 2.83. The van der Waals surface area contributed by atoms with Gasteiger partial charge in [-0.1, -0.05) is 35.9 Å². The summed E-state index contributed by atoms with van der Waals surface area (Å²) in [5.41, 5.74) is 5.21. The maximum absolute atomic E-state index is 7.04. The predicted molar refractivity (Wildman–Crippen MR) is 99.2 cm³/mol. The molecule has 0 saturated heterocycles. The topological polar surface area (TPSA) is 34.5 Å². The minimum atomic E-state index is 0.446.